The summed E-state index contributed by atoms with van der Waals surface area (Å²) in [6.07, 6.45) is 4.03. The van der Waals surface area contributed by atoms with Gasteiger partial charge < -0.3 is 24.1 Å². The minimum absolute atomic E-state index is 0.0171. The van der Waals surface area contributed by atoms with Crippen molar-refractivity contribution < 1.29 is 33.2 Å². The van der Waals surface area contributed by atoms with E-state index in [0.29, 0.717) is 19.5 Å². The van der Waals surface area contributed by atoms with Gasteiger partial charge in [0.1, 0.15) is 30.6 Å². The van der Waals surface area contributed by atoms with Gasteiger partial charge in [0.05, 0.1) is 5.92 Å². The van der Waals surface area contributed by atoms with E-state index < -0.39 is 24.0 Å². The van der Waals surface area contributed by atoms with E-state index in [1.807, 2.05) is 74.5 Å². The van der Waals surface area contributed by atoms with Gasteiger partial charge in [0.2, 0.25) is 6.73 Å². The Morgan fingerprint density at radius 3 is 2.55 bits per heavy atom. The van der Waals surface area contributed by atoms with Gasteiger partial charge in [-0.25, -0.2) is 14.2 Å². The third-order valence-electron chi connectivity index (χ3n) is 7.85. The van der Waals surface area contributed by atoms with Gasteiger partial charge in [0.25, 0.3) is 5.82 Å². The molecular weight excluding hydrogens is 536 g/mol. The summed E-state index contributed by atoms with van der Waals surface area (Å²) in [6, 6.07) is 8.07. The van der Waals surface area contributed by atoms with Crippen LogP contribution >= 0.6 is 0 Å². The van der Waals surface area contributed by atoms with Crippen LogP contribution in [0.15, 0.2) is 36.7 Å². The maximum Gasteiger partial charge on any atom is 0.511 e. The van der Waals surface area contributed by atoms with Gasteiger partial charge in [-0.1, -0.05) is 39.0 Å². The van der Waals surface area contributed by atoms with Crippen molar-refractivity contribution in [2.45, 2.75) is 92.7 Å². The van der Waals surface area contributed by atoms with Crippen LogP contribution in [0.1, 0.15) is 76.3 Å². The Balaban J connectivity index is 1.32. The molecule has 1 aromatic carbocycles. The number of benzene rings is 1. The van der Waals surface area contributed by atoms with Crippen LogP contribution in [-0.4, -0.2) is 45.4 Å². The molecule has 2 aromatic heterocycles. The maximum atomic E-state index is 13.6. The fraction of sp³-hybridized carbons (Fsp3) is 0.562. The molecule has 2 atom stereocenters. The number of para-hydroxylation sites is 1. The fourth-order valence-corrected chi connectivity index (χ4v) is 5.50. The summed E-state index contributed by atoms with van der Waals surface area (Å²) in [7, 11) is 2.03. The topological polar surface area (TPSA) is 105 Å². The second-order valence-electron chi connectivity index (χ2n) is 13.2. The van der Waals surface area contributed by atoms with E-state index in [-0.39, 0.29) is 23.8 Å². The number of nitrogens with one attached hydrogen (secondary N) is 1. The van der Waals surface area contributed by atoms with E-state index in [0.717, 1.165) is 40.8 Å². The van der Waals surface area contributed by atoms with Crippen LogP contribution in [0.5, 0.6) is 0 Å². The highest BCUT2D eigenvalue weighted by atomic mass is 16.7. The molecule has 0 spiro atoms. The number of nitrogens with zero attached hydrogens (tertiary/aromatic N) is 3. The lowest BCUT2D eigenvalue weighted by Crippen LogP contribution is -2.40. The molecule has 1 aliphatic rings. The number of carbonyl (C=O) groups excluding carboxylic acids is 3. The number of aromatic nitrogens is 3. The van der Waals surface area contributed by atoms with Crippen molar-refractivity contribution >= 4 is 28.9 Å². The van der Waals surface area contributed by atoms with Crippen LogP contribution in [0.25, 0.3) is 10.9 Å². The van der Waals surface area contributed by atoms with Crippen molar-refractivity contribution in [3.05, 3.63) is 53.7 Å². The molecule has 0 fully saturated rings. The van der Waals surface area contributed by atoms with Crippen molar-refractivity contribution in [2.75, 3.05) is 6.54 Å². The maximum absolute atomic E-state index is 13.6. The van der Waals surface area contributed by atoms with Crippen LogP contribution in [0.4, 0.5) is 9.59 Å². The minimum atomic E-state index is -0.780. The zero-order valence-corrected chi connectivity index (χ0v) is 26.2. The smallest absolute Gasteiger partial charge is 0.444 e. The molecule has 10 nitrogen and oxygen atoms in total. The Bertz CT molecular complexity index is 1460. The number of amides is 1. The number of fused-ring (bicyclic) bond motifs is 3. The Labute approximate surface area is 247 Å². The van der Waals surface area contributed by atoms with Gasteiger partial charge >= 0.3 is 12.2 Å². The standard InChI is InChI=1S/C32H44N4O6/c1-21-35(19-22-13-14-25-27(28(22)37)23-11-9-10-12-24(23)34(25)8)17-18-36(21)20-40-30(39)41-26(31(2,3)4)15-16-33-29(38)42-32(5,6)7/h9-12,17-18,22,26H,13-16,19-20H2,1-8H3/p+1. The van der Waals surface area contributed by atoms with Crippen LogP contribution in [0, 0.1) is 18.3 Å². The number of alkyl carbamates (subject to hydrolysis) is 1. The summed E-state index contributed by atoms with van der Waals surface area (Å²) in [5.41, 5.74) is 2.09. The summed E-state index contributed by atoms with van der Waals surface area (Å²) in [4.78, 5) is 38.2. The average molecular weight is 582 g/mol. The van der Waals surface area contributed by atoms with Crippen molar-refractivity contribution in [3.63, 3.8) is 0 Å². The average Bonchev–Trinajstić information content (AvgIpc) is 3.39. The van der Waals surface area contributed by atoms with E-state index in [1.165, 1.54) is 0 Å². The van der Waals surface area contributed by atoms with E-state index in [2.05, 4.69) is 16.0 Å². The predicted octanol–water partition coefficient (Wildman–Crippen LogP) is 5.46. The first kappa shape index (κ1) is 31.1. The molecule has 1 N–H and O–H groups in total. The van der Waals surface area contributed by atoms with E-state index in [9.17, 15) is 14.4 Å². The molecule has 0 aliphatic heterocycles. The van der Waals surface area contributed by atoms with Crippen molar-refractivity contribution in [1.29, 1.82) is 0 Å². The molecule has 2 unspecified atom stereocenters. The lowest BCUT2D eigenvalue weighted by atomic mass is 9.85. The van der Waals surface area contributed by atoms with Gasteiger partial charge in [-0.3, -0.25) is 4.79 Å². The second-order valence-corrected chi connectivity index (χ2v) is 13.2. The van der Waals surface area contributed by atoms with Crippen molar-refractivity contribution in [1.82, 2.24) is 14.5 Å². The SMILES string of the molecule is Cc1n(CC2CCc3c(c4ccccc4n3C)C2=O)cc[n+]1COC(=O)OC(CCNC(=O)OC(C)(C)C)C(C)(C)C. The molecule has 1 amide bonds. The third-order valence-corrected chi connectivity index (χ3v) is 7.85. The van der Waals surface area contributed by atoms with Crippen LogP contribution in [-0.2, 0) is 41.0 Å². The van der Waals surface area contributed by atoms with Crippen LogP contribution in [0.2, 0.25) is 0 Å². The summed E-state index contributed by atoms with van der Waals surface area (Å²) < 4.78 is 22.4. The molecule has 0 saturated heterocycles. The number of Topliss-reactive ketones (excluding diaryl/α,β-unsaturated/α-hetero) is 1. The fourth-order valence-electron chi connectivity index (χ4n) is 5.50. The molecule has 3 aromatic rings. The van der Waals surface area contributed by atoms with Crippen molar-refractivity contribution in [3.8, 4) is 0 Å². The monoisotopic (exact) mass is 581 g/mol. The summed E-state index contributed by atoms with van der Waals surface area (Å²) in [5, 5.41) is 3.73. The highest BCUT2D eigenvalue weighted by Crippen LogP contribution is 2.34. The van der Waals surface area contributed by atoms with Gasteiger partial charge in [-0.2, -0.15) is 4.57 Å². The van der Waals surface area contributed by atoms with Crippen LogP contribution < -0.4 is 9.88 Å². The molecule has 2 heterocycles. The quantitative estimate of drug-likeness (QED) is 0.280. The molecule has 228 valence electrons. The van der Waals surface area contributed by atoms with Crippen LogP contribution in [0.3, 0.4) is 0 Å². The Morgan fingerprint density at radius 2 is 1.86 bits per heavy atom. The van der Waals surface area contributed by atoms with E-state index in [1.54, 1.807) is 20.8 Å². The van der Waals surface area contributed by atoms with Crippen molar-refractivity contribution in [2.24, 2.45) is 18.4 Å². The number of hydrogen-bond acceptors (Lipinski definition) is 6. The molecular formula is C32H45N4O6+. The number of ether oxygens (including phenoxy) is 3. The van der Waals surface area contributed by atoms with Gasteiger partial charge in [-0.05, 0) is 45.1 Å². The summed E-state index contributed by atoms with van der Waals surface area (Å²) in [5.74, 6) is 0.922. The molecule has 0 radical (unpaired) electrons. The van der Waals surface area contributed by atoms with Gasteiger partial charge in [0, 0.05) is 49.1 Å². The molecule has 0 saturated carbocycles. The van der Waals surface area contributed by atoms with Gasteiger partial charge in [-0.15, -0.1) is 0 Å². The Kier molecular flexibility index (Phi) is 9.03. The highest BCUT2D eigenvalue weighted by molar-refractivity contribution is 6.11. The van der Waals surface area contributed by atoms with Gasteiger partial charge in [0.15, 0.2) is 5.78 Å². The second kappa shape index (κ2) is 12.2. The number of imidazole rings is 1. The third kappa shape index (κ3) is 7.14. The predicted molar refractivity (Wildman–Crippen MR) is 158 cm³/mol. The first-order chi connectivity index (χ1) is 19.7. The highest BCUT2D eigenvalue weighted by Gasteiger charge is 2.34. The first-order valence-corrected chi connectivity index (χ1v) is 14.6. The van der Waals surface area contributed by atoms with E-state index in [4.69, 9.17) is 14.2 Å². The number of rotatable bonds is 8. The largest absolute Gasteiger partial charge is 0.511 e. The normalized spacial score (nSPS) is 16.2. The number of carbonyl (C=O) groups is 3. The number of hydrogen-bond donors (Lipinski definition) is 1. The number of aryl methyl sites for hydroxylation is 1. The van der Waals surface area contributed by atoms with E-state index >= 15 is 0 Å². The molecule has 10 heteroatoms. The molecule has 42 heavy (non-hydrogen) atoms. The lowest BCUT2D eigenvalue weighted by Gasteiger charge is -2.30. The zero-order valence-electron chi connectivity index (χ0n) is 26.2. The molecule has 1 aliphatic carbocycles. The molecule has 4 rings (SSSR count). The Morgan fingerprint density at radius 1 is 1.14 bits per heavy atom. The summed E-state index contributed by atoms with van der Waals surface area (Å²) in [6.45, 7) is 14.1. The first-order valence-electron chi connectivity index (χ1n) is 14.6. The Hall–Kier alpha value is -3.82. The summed E-state index contributed by atoms with van der Waals surface area (Å²) >= 11 is 0. The number of ketones is 1. The zero-order chi connectivity index (χ0) is 30.8. The lowest BCUT2D eigenvalue weighted by molar-refractivity contribution is -0.732. The minimum Gasteiger partial charge on any atom is -0.444 e. The molecule has 0 bridgehead atoms.